The summed E-state index contributed by atoms with van der Waals surface area (Å²) in [7, 11) is 0. The molecule has 0 saturated carbocycles. The molecule has 0 bridgehead atoms. The van der Waals surface area contributed by atoms with Crippen LogP contribution in [-0.2, 0) is 4.79 Å². The van der Waals surface area contributed by atoms with E-state index in [1.54, 1.807) is 6.92 Å². The SMILES string of the molecule is CC(=O)C1COc2ccccc21. The number of hydrogen-bond donors (Lipinski definition) is 0. The standard InChI is InChI=1S/C10H10O2/c1-7(11)9-6-12-10-5-3-2-4-8(9)10/h2-5,9H,6H2,1H3. The maximum absolute atomic E-state index is 11.1. The first-order chi connectivity index (χ1) is 5.79. The smallest absolute Gasteiger partial charge is 0.140 e. The fourth-order valence-electron chi connectivity index (χ4n) is 1.50. The number of carbonyl (C=O) groups excluding carboxylic acids is 1. The van der Waals surface area contributed by atoms with Gasteiger partial charge in [-0.15, -0.1) is 0 Å². The minimum Gasteiger partial charge on any atom is -0.492 e. The molecule has 1 aromatic rings. The fourth-order valence-corrected chi connectivity index (χ4v) is 1.50. The van der Waals surface area contributed by atoms with Gasteiger partial charge in [0, 0.05) is 5.56 Å². The Bertz CT molecular complexity index is 317. The van der Waals surface area contributed by atoms with Crippen molar-refractivity contribution in [3.05, 3.63) is 29.8 Å². The van der Waals surface area contributed by atoms with Crippen LogP contribution in [0.15, 0.2) is 24.3 Å². The van der Waals surface area contributed by atoms with Crippen molar-refractivity contribution >= 4 is 5.78 Å². The summed E-state index contributed by atoms with van der Waals surface area (Å²) in [5, 5.41) is 0. The van der Waals surface area contributed by atoms with Crippen LogP contribution < -0.4 is 4.74 Å². The van der Waals surface area contributed by atoms with Gasteiger partial charge in [-0.05, 0) is 13.0 Å². The summed E-state index contributed by atoms with van der Waals surface area (Å²) in [6.45, 7) is 2.12. The van der Waals surface area contributed by atoms with Gasteiger partial charge in [0.05, 0.1) is 5.92 Å². The minimum absolute atomic E-state index is 0.0406. The molecular formula is C10H10O2. The lowest BCUT2D eigenvalue weighted by atomic mass is 9.98. The van der Waals surface area contributed by atoms with Crippen molar-refractivity contribution in [2.45, 2.75) is 12.8 Å². The van der Waals surface area contributed by atoms with Gasteiger partial charge in [-0.3, -0.25) is 4.79 Å². The van der Waals surface area contributed by atoms with Gasteiger partial charge in [0.1, 0.15) is 18.1 Å². The molecule has 1 unspecified atom stereocenters. The molecule has 1 aliphatic heterocycles. The molecule has 0 spiro atoms. The van der Waals surface area contributed by atoms with Crippen LogP contribution in [0.5, 0.6) is 5.75 Å². The Hall–Kier alpha value is -1.31. The van der Waals surface area contributed by atoms with Gasteiger partial charge >= 0.3 is 0 Å². The number of fused-ring (bicyclic) bond motifs is 1. The van der Waals surface area contributed by atoms with Gasteiger partial charge < -0.3 is 4.74 Å². The first-order valence-electron chi connectivity index (χ1n) is 4.01. The van der Waals surface area contributed by atoms with Crippen molar-refractivity contribution in [1.29, 1.82) is 0 Å². The molecule has 0 aliphatic carbocycles. The number of hydrogen-bond acceptors (Lipinski definition) is 2. The number of rotatable bonds is 1. The van der Waals surface area contributed by atoms with Crippen LogP contribution >= 0.6 is 0 Å². The van der Waals surface area contributed by atoms with Crippen LogP contribution in [0, 0.1) is 0 Å². The zero-order chi connectivity index (χ0) is 8.55. The van der Waals surface area contributed by atoms with Crippen molar-refractivity contribution in [3.8, 4) is 5.75 Å². The molecule has 1 heterocycles. The highest BCUT2D eigenvalue weighted by Gasteiger charge is 2.26. The number of Topliss-reactive ketones (excluding diaryl/α,β-unsaturated/α-hetero) is 1. The van der Waals surface area contributed by atoms with Crippen LogP contribution in [0.1, 0.15) is 18.4 Å². The van der Waals surface area contributed by atoms with Crippen LogP contribution in [0.4, 0.5) is 0 Å². The molecule has 1 aromatic carbocycles. The Balaban J connectivity index is 2.42. The molecule has 1 aliphatic rings. The number of carbonyl (C=O) groups is 1. The van der Waals surface area contributed by atoms with E-state index in [0.29, 0.717) is 6.61 Å². The van der Waals surface area contributed by atoms with Crippen molar-refractivity contribution in [2.75, 3.05) is 6.61 Å². The van der Waals surface area contributed by atoms with E-state index in [1.165, 1.54) is 0 Å². The lowest BCUT2D eigenvalue weighted by Gasteiger charge is -2.01. The fraction of sp³-hybridized carbons (Fsp3) is 0.300. The summed E-state index contributed by atoms with van der Waals surface area (Å²) >= 11 is 0. The predicted molar refractivity (Wildman–Crippen MR) is 45.4 cm³/mol. The van der Waals surface area contributed by atoms with Crippen LogP contribution in [0.2, 0.25) is 0 Å². The highest BCUT2D eigenvalue weighted by Crippen LogP contribution is 2.33. The molecule has 0 radical (unpaired) electrons. The van der Waals surface area contributed by atoms with Crippen molar-refractivity contribution in [1.82, 2.24) is 0 Å². The third kappa shape index (κ3) is 0.998. The first-order valence-corrected chi connectivity index (χ1v) is 4.01. The van der Waals surface area contributed by atoms with Gasteiger partial charge in [-0.25, -0.2) is 0 Å². The second-order valence-corrected chi connectivity index (χ2v) is 3.01. The normalized spacial score (nSPS) is 19.9. The largest absolute Gasteiger partial charge is 0.492 e. The second kappa shape index (κ2) is 2.63. The Morgan fingerprint density at radius 2 is 2.25 bits per heavy atom. The molecule has 2 nitrogen and oxygen atoms in total. The van der Waals surface area contributed by atoms with Crippen LogP contribution in [-0.4, -0.2) is 12.4 Å². The average molecular weight is 162 g/mol. The van der Waals surface area contributed by atoms with Crippen LogP contribution in [0.25, 0.3) is 0 Å². The molecule has 0 amide bonds. The molecular weight excluding hydrogens is 152 g/mol. The van der Waals surface area contributed by atoms with Crippen molar-refractivity contribution < 1.29 is 9.53 Å². The molecule has 0 N–H and O–H groups in total. The predicted octanol–water partition coefficient (Wildman–Crippen LogP) is 1.75. The summed E-state index contributed by atoms with van der Waals surface area (Å²) in [6.07, 6.45) is 0. The molecule has 2 heteroatoms. The maximum atomic E-state index is 11.1. The first kappa shape index (κ1) is 7.35. The summed E-state index contributed by atoms with van der Waals surface area (Å²) in [4.78, 5) is 11.1. The molecule has 0 saturated heterocycles. The van der Waals surface area contributed by atoms with Gasteiger partial charge in [0.25, 0.3) is 0 Å². The quantitative estimate of drug-likeness (QED) is 0.628. The third-order valence-electron chi connectivity index (χ3n) is 2.19. The number of benzene rings is 1. The van der Waals surface area contributed by atoms with E-state index >= 15 is 0 Å². The Morgan fingerprint density at radius 1 is 1.50 bits per heavy atom. The average Bonchev–Trinajstić information content (AvgIpc) is 2.47. The van der Waals surface area contributed by atoms with Crippen molar-refractivity contribution in [2.24, 2.45) is 0 Å². The van der Waals surface area contributed by atoms with Gasteiger partial charge in [0.15, 0.2) is 0 Å². The summed E-state index contributed by atoms with van der Waals surface area (Å²) < 4.78 is 5.35. The molecule has 62 valence electrons. The van der Waals surface area contributed by atoms with Gasteiger partial charge in [0.2, 0.25) is 0 Å². The Labute approximate surface area is 71.2 Å². The molecule has 0 fully saturated rings. The summed E-state index contributed by atoms with van der Waals surface area (Å²) in [5.41, 5.74) is 1.03. The number of ether oxygens (including phenoxy) is 1. The molecule has 0 aromatic heterocycles. The highest BCUT2D eigenvalue weighted by molar-refractivity contribution is 5.85. The highest BCUT2D eigenvalue weighted by atomic mass is 16.5. The lowest BCUT2D eigenvalue weighted by Crippen LogP contribution is -2.09. The van der Waals surface area contributed by atoms with E-state index in [2.05, 4.69) is 0 Å². The summed E-state index contributed by atoms with van der Waals surface area (Å²) in [6, 6.07) is 7.71. The lowest BCUT2D eigenvalue weighted by molar-refractivity contribution is -0.118. The van der Waals surface area contributed by atoms with E-state index in [0.717, 1.165) is 11.3 Å². The van der Waals surface area contributed by atoms with Gasteiger partial charge in [-0.1, -0.05) is 18.2 Å². The van der Waals surface area contributed by atoms with E-state index in [1.807, 2.05) is 24.3 Å². The summed E-state index contributed by atoms with van der Waals surface area (Å²) in [5.74, 6) is 0.999. The number of ketones is 1. The van der Waals surface area contributed by atoms with E-state index < -0.39 is 0 Å². The van der Waals surface area contributed by atoms with Crippen molar-refractivity contribution in [3.63, 3.8) is 0 Å². The van der Waals surface area contributed by atoms with E-state index in [-0.39, 0.29) is 11.7 Å². The van der Waals surface area contributed by atoms with Gasteiger partial charge in [-0.2, -0.15) is 0 Å². The second-order valence-electron chi connectivity index (χ2n) is 3.01. The molecule has 1 atom stereocenters. The zero-order valence-corrected chi connectivity index (χ0v) is 6.91. The Kier molecular flexibility index (Phi) is 1.61. The van der Waals surface area contributed by atoms with E-state index in [4.69, 9.17) is 4.74 Å². The monoisotopic (exact) mass is 162 g/mol. The topological polar surface area (TPSA) is 26.3 Å². The van der Waals surface area contributed by atoms with E-state index in [9.17, 15) is 4.79 Å². The van der Waals surface area contributed by atoms with Crippen LogP contribution in [0.3, 0.4) is 0 Å². The third-order valence-corrected chi connectivity index (χ3v) is 2.19. The molecule has 12 heavy (non-hydrogen) atoms. The Morgan fingerprint density at radius 3 is 3.00 bits per heavy atom. The molecule has 2 rings (SSSR count). The number of para-hydroxylation sites is 1. The minimum atomic E-state index is -0.0406. The maximum Gasteiger partial charge on any atom is 0.140 e. The zero-order valence-electron chi connectivity index (χ0n) is 6.91.